The van der Waals surface area contributed by atoms with Gasteiger partial charge in [0, 0.05) is 0 Å². The van der Waals surface area contributed by atoms with Gasteiger partial charge in [-0.1, -0.05) is 18.2 Å². The highest BCUT2D eigenvalue weighted by Gasteiger charge is 2.28. The van der Waals surface area contributed by atoms with E-state index in [2.05, 4.69) is 4.74 Å². The average Bonchev–Trinajstić information content (AvgIpc) is 2.18. The van der Waals surface area contributed by atoms with Gasteiger partial charge in [-0.3, -0.25) is 10.1 Å². The molecule has 0 aliphatic heterocycles. The summed E-state index contributed by atoms with van der Waals surface area (Å²) in [4.78, 5) is 19.7. The Morgan fingerprint density at radius 3 is 2.50 bits per heavy atom. The van der Waals surface area contributed by atoms with Gasteiger partial charge in [-0.15, -0.1) is 0 Å². The molecular weight excluding hydrogens is 190 g/mol. The third kappa shape index (κ3) is 2.53. The molecule has 0 aliphatic rings. The van der Waals surface area contributed by atoms with Gasteiger partial charge in [0.2, 0.25) is 0 Å². The van der Waals surface area contributed by atoms with E-state index in [1.807, 2.05) is 0 Å². The van der Waals surface area contributed by atoms with E-state index in [1.54, 1.807) is 18.2 Å². The molecule has 0 bridgehead atoms. The monoisotopic (exact) mass is 197 g/mol. The summed E-state index contributed by atoms with van der Waals surface area (Å²) in [5, 5.41) is 18.7. The van der Waals surface area contributed by atoms with Crippen LogP contribution in [0, 0.1) is 10.1 Å². The molecule has 0 saturated carbocycles. The molecule has 1 atom stereocenters. The zero-order chi connectivity index (χ0) is 10.6. The van der Waals surface area contributed by atoms with E-state index in [1.165, 1.54) is 12.1 Å². The number of esters is 1. The Hall–Kier alpha value is -1.95. The number of ether oxygens (including phenoxy) is 1. The van der Waals surface area contributed by atoms with Crippen molar-refractivity contribution in [3.8, 4) is 5.75 Å². The van der Waals surface area contributed by atoms with E-state index in [0.29, 0.717) is 0 Å². The van der Waals surface area contributed by atoms with Gasteiger partial charge in [0.05, 0.1) is 4.92 Å². The van der Waals surface area contributed by atoms with Crippen molar-refractivity contribution in [3.63, 3.8) is 0 Å². The van der Waals surface area contributed by atoms with E-state index in [0.717, 1.165) is 0 Å². The van der Waals surface area contributed by atoms with Gasteiger partial charge in [0.25, 0.3) is 0 Å². The molecule has 1 rings (SSSR count). The number of benzene rings is 1. The van der Waals surface area contributed by atoms with Crippen LogP contribution >= 0.6 is 0 Å². The number of aliphatic hydroxyl groups excluding tert-OH is 1. The van der Waals surface area contributed by atoms with Gasteiger partial charge in [0.15, 0.2) is 0 Å². The molecule has 6 heteroatoms. The van der Waals surface area contributed by atoms with Crippen molar-refractivity contribution < 1.29 is 19.6 Å². The van der Waals surface area contributed by atoms with Crippen molar-refractivity contribution in [2.24, 2.45) is 0 Å². The lowest BCUT2D eigenvalue weighted by Crippen LogP contribution is -2.32. The number of nitro groups is 1. The zero-order valence-corrected chi connectivity index (χ0v) is 6.99. The fraction of sp³-hybridized carbons (Fsp3) is 0.125. The topological polar surface area (TPSA) is 89.7 Å². The molecular formula is C8H7NO5. The zero-order valence-electron chi connectivity index (χ0n) is 6.99. The van der Waals surface area contributed by atoms with Crippen LogP contribution in [0.25, 0.3) is 0 Å². The van der Waals surface area contributed by atoms with Crippen LogP contribution in [0.5, 0.6) is 5.75 Å². The summed E-state index contributed by atoms with van der Waals surface area (Å²) in [5.41, 5.74) is 0. The maximum absolute atomic E-state index is 10.8. The molecule has 1 N–H and O–H groups in total. The van der Waals surface area contributed by atoms with Crippen LogP contribution in [0.15, 0.2) is 30.3 Å². The molecule has 0 saturated heterocycles. The first-order valence-corrected chi connectivity index (χ1v) is 3.69. The second-order valence-electron chi connectivity index (χ2n) is 2.39. The first-order chi connectivity index (χ1) is 6.61. The molecule has 0 fully saturated rings. The molecule has 0 amide bonds. The summed E-state index contributed by atoms with van der Waals surface area (Å²) in [6.07, 6.45) is -2.34. The number of para-hydroxylation sites is 1. The van der Waals surface area contributed by atoms with Crippen LogP contribution in [0.3, 0.4) is 0 Å². The first kappa shape index (κ1) is 10.1. The number of carbonyl (C=O) groups excluding carboxylic acids is 1. The van der Waals surface area contributed by atoms with Crippen LogP contribution in [0.1, 0.15) is 0 Å². The minimum atomic E-state index is -2.34. The van der Waals surface area contributed by atoms with E-state index in [4.69, 9.17) is 5.11 Å². The van der Waals surface area contributed by atoms with Crippen molar-refractivity contribution in [2.45, 2.75) is 6.23 Å². The highest BCUT2D eigenvalue weighted by Crippen LogP contribution is 2.09. The predicted octanol–water partition coefficient (Wildman–Crippen LogP) is 0.187. The van der Waals surface area contributed by atoms with Crippen LogP contribution in [-0.2, 0) is 4.79 Å². The van der Waals surface area contributed by atoms with Crippen molar-refractivity contribution in [2.75, 3.05) is 0 Å². The van der Waals surface area contributed by atoms with Crippen molar-refractivity contribution >= 4 is 5.97 Å². The fourth-order valence-corrected chi connectivity index (χ4v) is 0.743. The molecule has 0 spiro atoms. The Bertz CT molecular complexity index is 337. The molecule has 1 aromatic rings. The number of carbonyl (C=O) groups is 1. The molecule has 0 aromatic heterocycles. The molecule has 74 valence electrons. The Kier molecular flexibility index (Phi) is 3.14. The van der Waals surface area contributed by atoms with Gasteiger partial charge in [-0.2, -0.15) is 0 Å². The highest BCUT2D eigenvalue weighted by atomic mass is 16.7. The maximum atomic E-state index is 10.8. The summed E-state index contributed by atoms with van der Waals surface area (Å²) in [5.74, 6) is -1.15. The summed E-state index contributed by atoms with van der Waals surface area (Å²) < 4.78 is 4.51. The second kappa shape index (κ2) is 4.33. The standard InChI is InChI=1S/C8H7NO5/c10-7(9(12)13)8(11)14-6-4-2-1-3-5-6/h1-5,7,10H. The van der Waals surface area contributed by atoms with Gasteiger partial charge < -0.3 is 9.84 Å². The molecule has 6 nitrogen and oxygen atoms in total. The third-order valence-corrected chi connectivity index (χ3v) is 1.37. The van der Waals surface area contributed by atoms with Crippen LogP contribution in [0.2, 0.25) is 0 Å². The minimum Gasteiger partial charge on any atom is -0.419 e. The lowest BCUT2D eigenvalue weighted by molar-refractivity contribution is -0.554. The molecule has 0 aliphatic carbocycles. The maximum Gasteiger partial charge on any atom is 0.417 e. The Morgan fingerprint density at radius 2 is 2.00 bits per heavy atom. The third-order valence-electron chi connectivity index (χ3n) is 1.37. The summed E-state index contributed by atoms with van der Waals surface area (Å²) in [7, 11) is 0. The SMILES string of the molecule is O=C(Oc1ccccc1)C(O)[N+](=O)[O-]. The van der Waals surface area contributed by atoms with Gasteiger partial charge >= 0.3 is 12.2 Å². The van der Waals surface area contributed by atoms with E-state index < -0.39 is 17.1 Å². The Labute approximate surface area is 78.9 Å². The van der Waals surface area contributed by atoms with E-state index in [-0.39, 0.29) is 5.75 Å². The Morgan fingerprint density at radius 1 is 1.43 bits per heavy atom. The normalized spacial score (nSPS) is 11.8. The van der Waals surface area contributed by atoms with Gasteiger partial charge in [-0.25, -0.2) is 4.79 Å². The fourth-order valence-electron chi connectivity index (χ4n) is 0.743. The number of aliphatic hydroxyl groups is 1. The van der Waals surface area contributed by atoms with Gasteiger partial charge in [0.1, 0.15) is 5.75 Å². The average molecular weight is 197 g/mol. The molecule has 1 aromatic carbocycles. The molecule has 0 radical (unpaired) electrons. The number of rotatable bonds is 3. The molecule has 1 unspecified atom stereocenters. The largest absolute Gasteiger partial charge is 0.419 e. The van der Waals surface area contributed by atoms with E-state index in [9.17, 15) is 14.9 Å². The lowest BCUT2D eigenvalue weighted by atomic mass is 10.3. The summed E-state index contributed by atoms with van der Waals surface area (Å²) in [6.45, 7) is 0. The number of hydrogen-bond acceptors (Lipinski definition) is 5. The summed E-state index contributed by atoms with van der Waals surface area (Å²) in [6, 6.07) is 7.79. The van der Waals surface area contributed by atoms with Crippen molar-refractivity contribution in [1.29, 1.82) is 0 Å². The number of hydrogen-bond donors (Lipinski definition) is 1. The van der Waals surface area contributed by atoms with Crippen LogP contribution in [-0.4, -0.2) is 22.2 Å². The summed E-state index contributed by atoms with van der Waals surface area (Å²) >= 11 is 0. The first-order valence-electron chi connectivity index (χ1n) is 3.69. The molecule has 0 heterocycles. The predicted molar refractivity (Wildman–Crippen MR) is 45.1 cm³/mol. The Balaban J connectivity index is 2.62. The molecule has 14 heavy (non-hydrogen) atoms. The lowest BCUT2D eigenvalue weighted by Gasteiger charge is -2.03. The minimum absolute atomic E-state index is 0.151. The number of nitrogens with zero attached hydrogens (tertiary/aromatic N) is 1. The smallest absolute Gasteiger partial charge is 0.417 e. The van der Waals surface area contributed by atoms with Crippen molar-refractivity contribution in [3.05, 3.63) is 40.4 Å². The quantitative estimate of drug-likeness (QED) is 0.245. The van der Waals surface area contributed by atoms with Gasteiger partial charge in [-0.05, 0) is 12.1 Å². The second-order valence-corrected chi connectivity index (χ2v) is 2.39. The van der Waals surface area contributed by atoms with Crippen LogP contribution in [0.4, 0.5) is 0 Å². The van der Waals surface area contributed by atoms with Crippen molar-refractivity contribution in [1.82, 2.24) is 0 Å². The van der Waals surface area contributed by atoms with Crippen LogP contribution < -0.4 is 4.74 Å². The highest BCUT2D eigenvalue weighted by molar-refractivity contribution is 5.75. The van der Waals surface area contributed by atoms with E-state index >= 15 is 0 Å².